The maximum Gasteiger partial charge on any atom is 0.272 e. The minimum Gasteiger partial charge on any atom is -0.340 e. The Morgan fingerprint density at radius 1 is 1.14 bits per heavy atom. The summed E-state index contributed by atoms with van der Waals surface area (Å²) in [5, 5.41) is 3.75. The van der Waals surface area contributed by atoms with E-state index in [0.29, 0.717) is 26.4 Å². The zero-order valence-electron chi connectivity index (χ0n) is 11.3. The van der Waals surface area contributed by atoms with Crippen LogP contribution >= 0.6 is 50.7 Å². The number of carbonyl (C=O) groups is 1. The first-order valence-electron chi connectivity index (χ1n) is 6.13. The molecule has 1 amide bonds. The lowest BCUT2D eigenvalue weighted by Crippen LogP contribution is -2.18. The molecular formula is C14H12BrCl3N2O. The van der Waals surface area contributed by atoms with Crippen molar-refractivity contribution in [3.8, 4) is 0 Å². The molecule has 0 spiro atoms. The quantitative estimate of drug-likeness (QED) is 0.615. The molecule has 0 saturated heterocycles. The van der Waals surface area contributed by atoms with E-state index in [-0.39, 0.29) is 11.9 Å². The largest absolute Gasteiger partial charge is 0.340 e. The van der Waals surface area contributed by atoms with Crippen LogP contribution in [-0.2, 0) is 0 Å². The second-order valence-electron chi connectivity index (χ2n) is 4.74. The van der Waals surface area contributed by atoms with Gasteiger partial charge in [0.15, 0.2) is 0 Å². The summed E-state index contributed by atoms with van der Waals surface area (Å²) in [5.41, 5.74) is 0.947. The summed E-state index contributed by atoms with van der Waals surface area (Å²) in [4.78, 5) is 12.4. The minimum atomic E-state index is -0.269. The minimum absolute atomic E-state index is 0.154. The Labute approximate surface area is 146 Å². The van der Waals surface area contributed by atoms with E-state index >= 15 is 0 Å². The molecule has 21 heavy (non-hydrogen) atoms. The Morgan fingerprint density at radius 3 is 2.38 bits per heavy atom. The summed E-state index contributed by atoms with van der Waals surface area (Å²) in [6.45, 7) is 3.99. The molecule has 0 bridgehead atoms. The van der Waals surface area contributed by atoms with Gasteiger partial charge >= 0.3 is 0 Å². The first-order chi connectivity index (χ1) is 9.79. The predicted molar refractivity (Wildman–Crippen MR) is 91.9 cm³/mol. The molecule has 1 N–H and O–H groups in total. The van der Waals surface area contributed by atoms with Crippen molar-refractivity contribution in [1.29, 1.82) is 0 Å². The molecule has 1 heterocycles. The van der Waals surface area contributed by atoms with Crippen LogP contribution < -0.4 is 5.32 Å². The van der Waals surface area contributed by atoms with Gasteiger partial charge in [0.2, 0.25) is 0 Å². The monoisotopic (exact) mass is 408 g/mol. The van der Waals surface area contributed by atoms with E-state index in [4.69, 9.17) is 34.8 Å². The molecule has 0 radical (unpaired) electrons. The number of halogens is 4. The Bertz CT molecular complexity index is 698. The molecule has 3 nitrogen and oxygen atoms in total. The van der Waals surface area contributed by atoms with Crippen molar-refractivity contribution < 1.29 is 4.79 Å². The zero-order valence-corrected chi connectivity index (χ0v) is 15.1. The summed E-state index contributed by atoms with van der Waals surface area (Å²) < 4.78 is 2.70. The molecule has 0 atom stereocenters. The maximum atomic E-state index is 12.4. The standard InChI is InChI=1S/C14H12BrCl3N2O/c1-7(2)20-6-8(15)3-13(20)14(21)19-12-5-10(17)9(16)4-11(12)18/h3-7H,1-2H3,(H,19,21). The van der Waals surface area contributed by atoms with Crippen LogP contribution in [0.25, 0.3) is 0 Å². The van der Waals surface area contributed by atoms with E-state index in [1.807, 2.05) is 24.6 Å². The molecule has 0 aliphatic rings. The average Bonchev–Trinajstić information content (AvgIpc) is 2.78. The van der Waals surface area contributed by atoms with Crippen molar-refractivity contribution in [2.75, 3.05) is 5.32 Å². The van der Waals surface area contributed by atoms with Crippen molar-refractivity contribution >= 4 is 62.3 Å². The molecule has 0 fully saturated rings. The number of rotatable bonds is 3. The van der Waals surface area contributed by atoms with Crippen LogP contribution in [0.15, 0.2) is 28.9 Å². The van der Waals surface area contributed by atoms with E-state index in [1.165, 1.54) is 12.1 Å². The van der Waals surface area contributed by atoms with E-state index < -0.39 is 0 Å². The highest BCUT2D eigenvalue weighted by molar-refractivity contribution is 9.10. The van der Waals surface area contributed by atoms with Gasteiger partial charge in [-0.1, -0.05) is 34.8 Å². The predicted octanol–water partition coefficient (Wildman–Crippen LogP) is 6.04. The molecule has 2 aromatic rings. The first-order valence-corrected chi connectivity index (χ1v) is 8.05. The third kappa shape index (κ3) is 3.75. The topological polar surface area (TPSA) is 34.0 Å². The molecule has 0 aliphatic heterocycles. The molecule has 0 aliphatic carbocycles. The zero-order chi connectivity index (χ0) is 15.7. The highest BCUT2D eigenvalue weighted by Crippen LogP contribution is 2.32. The molecule has 2 rings (SSSR count). The van der Waals surface area contributed by atoms with E-state index in [2.05, 4.69) is 21.2 Å². The van der Waals surface area contributed by atoms with Crippen molar-refractivity contribution in [3.63, 3.8) is 0 Å². The number of aromatic nitrogens is 1. The summed E-state index contributed by atoms with van der Waals surface area (Å²) in [5.74, 6) is -0.269. The number of anilines is 1. The lowest BCUT2D eigenvalue weighted by molar-refractivity contribution is 0.101. The van der Waals surface area contributed by atoms with Gasteiger partial charge in [-0.3, -0.25) is 4.79 Å². The second kappa shape index (κ2) is 6.61. The molecule has 0 unspecified atom stereocenters. The van der Waals surface area contributed by atoms with Gasteiger partial charge in [0, 0.05) is 16.7 Å². The average molecular weight is 411 g/mol. The van der Waals surface area contributed by atoms with Crippen molar-refractivity contribution in [1.82, 2.24) is 4.57 Å². The van der Waals surface area contributed by atoms with E-state index in [9.17, 15) is 4.79 Å². The van der Waals surface area contributed by atoms with Gasteiger partial charge in [0.25, 0.3) is 5.91 Å². The molecule has 1 aromatic carbocycles. The lowest BCUT2D eigenvalue weighted by atomic mass is 10.3. The van der Waals surface area contributed by atoms with Gasteiger partial charge in [-0.25, -0.2) is 0 Å². The molecule has 0 saturated carbocycles. The second-order valence-corrected chi connectivity index (χ2v) is 6.88. The fourth-order valence-corrected chi connectivity index (χ4v) is 2.89. The third-order valence-electron chi connectivity index (χ3n) is 2.86. The normalized spacial score (nSPS) is 11.0. The number of nitrogens with zero attached hydrogens (tertiary/aromatic N) is 1. The summed E-state index contributed by atoms with van der Waals surface area (Å²) in [7, 11) is 0. The lowest BCUT2D eigenvalue weighted by Gasteiger charge is -2.13. The number of hydrogen-bond donors (Lipinski definition) is 1. The van der Waals surface area contributed by atoms with Gasteiger partial charge in [0.05, 0.1) is 20.8 Å². The van der Waals surface area contributed by atoms with Gasteiger partial charge in [-0.05, 0) is 48.0 Å². The summed E-state index contributed by atoms with van der Waals surface area (Å²) >= 11 is 21.3. The van der Waals surface area contributed by atoms with Crippen LogP contribution in [0.2, 0.25) is 15.1 Å². The van der Waals surface area contributed by atoms with Crippen molar-refractivity contribution in [2.24, 2.45) is 0 Å². The fourth-order valence-electron chi connectivity index (χ4n) is 1.86. The van der Waals surface area contributed by atoms with Crippen LogP contribution in [0.5, 0.6) is 0 Å². The first kappa shape index (κ1) is 16.7. The Hall–Kier alpha value is -0.680. The van der Waals surface area contributed by atoms with E-state index in [1.54, 1.807) is 6.07 Å². The van der Waals surface area contributed by atoms with Crippen LogP contribution in [0.1, 0.15) is 30.4 Å². The van der Waals surface area contributed by atoms with Gasteiger partial charge in [-0.2, -0.15) is 0 Å². The highest BCUT2D eigenvalue weighted by atomic mass is 79.9. The van der Waals surface area contributed by atoms with Crippen molar-refractivity contribution in [2.45, 2.75) is 19.9 Å². The van der Waals surface area contributed by atoms with Crippen LogP contribution in [-0.4, -0.2) is 10.5 Å². The fraction of sp³-hybridized carbons (Fsp3) is 0.214. The smallest absolute Gasteiger partial charge is 0.272 e. The van der Waals surface area contributed by atoms with Crippen molar-refractivity contribution in [3.05, 3.63) is 49.6 Å². The molecule has 112 valence electrons. The number of nitrogens with one attached hydrogen (secondary N) is 1. The van der Waals surface area contributed by atoms with Crippen LogP contribution in [0, 0.1) is 0 Å². The maximum absolute atomic E-state index is 12.4. The number of hydrogen-bond acceptors (Lipinski definition) is 1. The summed E-state index contributed by atoms with van der Waals surface area (Å²) in [6, 6.07) is 4.93. The molecule has 7 heteroatoms. The van der Waals surface area contributed by atoms with Crippen LogP contribution in [0.4, 0.5) is 5.69 Å². The van der Waals surface area contributed by atoms with Gasteiger partial charge in [-0.15, -0.1) is 0 Å². The summed E-state index contributed by atoms with van der Waals surface area (Å²) in [6.07, 6.45) is 1.86. The Balaban J connectivity index is 2.33. The molecule has 1 aromatic heterocycles. The van der Waals surface area contributed by atoms with E-state index in [0.717, 1.165) is 4.47 Å². The Kier molecular flexibility index (Phi) is 5.25. The number of amides is 1. The third-order valence-corrected chi connectivity index (χ3v) is 4.33. The number of benzene rings is 1. The SMILES string of the molecule is CC(C)n1cc(Br)cc1C(=O)Nc1cc(Cl)c(Cl)cc1Cl. The van der Waals surface area contributed by atoms with Gasteiger partial charge < -0.3 is 9.88 Å². The van der Waals surface area contributed by atoms with Gasteiger partial charge in [0.1, 0.15) is 5.69 Å². The van der Waals surface area contributed by atoms with Crippen LogP contribution in [0.3, 0.4) is 0 Å². The molecular weight excluding hydrogens is 398 g/mol. The highest BCUT2D eigenvalue weighted by Gasteiger charge is 2.17. The number of carbonyl (C=O) groups excluding carboxylic acids is 1. The Morgan fingerprint density at radius 2 is 1.76 bits per heavy atom.